The van der Waals surface area contributed by atoms with Crippen molar-refractivity contribution in [2.75, 3.05) is 6.54 Å². The maximum Gasteiger partial charge on any atom is 0.248 e. The molecular weight excluding hydrogens is 315 g/mol. The van der Waals surface area contributed by atoms with E-state index < -0.39 is 11.7 Å². The quantitative estimate of drug-likeness (QED) is 0.752. The van der Waals surface area contributed by atoms with Gasteiger partial charge in [0.1, 0.15) is 5.82 Å². The standard InChI is InChI=1S/C19H22F3NO/c20-16-4-3-13(14-7-17(14)23-10-11-1-2-11)6-15(16)18(24)5-12-8-19(21,22)9-12/h3-4,6,11-12,14,17,23H,1-2,5,7-10H2. The molecule has 4 rings (SSSR count). The number of carbonyl (C=O) groups excluding carboxylic acids is 1. The van der Waals surface area contributed by atoms with Crippen molar-refractivity contribution in [2.24, 2.45) is 11.8 Å². The zero-order valence-electron chi connectivity index (χ0n) is 13.5. The van der Waals surface area contributed by atoms with Gasteiger partial charge in [-0.2, -0.15) is 0 Å². The van der Waals surface area contributed by atoms with E-state index >= 15 is 0 Å². The first kappa shape index (κ1) is 16.1. The normalized spacial score (nSPS) is 28.5. The number of nitrogens with one attached hydrogen (secondary N) is 1. The SMILES string of the molecule is O=C(CC1CC(F)(F)C1)c1cc(C2CC2NCC2CC2)ccc1F. The number of Topliss-reactive ketones (excluding diaryl/α,β-unsaturated/α-hetero) is 1. The van der Waals surface area contributed by atoms with Gasteiger partial charge in [-0.1, -0.05) is 6.07 Å². The minimum Gasteiger partial charge on any atom is -0.313 e. The molecule has 3 aliphatic carbocycles. The Morgan fingerprint density at radius 1 is 1.21 bits per heavy atom. The van der Waals surface area contributed by atoms with Gasteiger partial charge in [-0.3, -0.25) is 4.79 Å². The number of carbonyl (C=O) groups is 1. The average molecular weight is 337 g/mol. The molecule has 2 nitrogen and oxygen atoms in total. The van der Waals surface area contributed by atoms with E-state index in [9.17, 15) is 18.0 Å². The smallest absolute Gasteiger partial charge is 0.248 e. The lowest BCUT2D eigenvalue weighted by molar-refractivity contribution is -0.109. The van der Waals surface area contributed by atoms with Crippen LogP contribution in [0.15, 0.2) is 18.2 Å². The maximum absolute atomic E-state index is 14.0. The van der Waals surface area contributed by atoms with Crippen molar-refractivity contribution in [3.63, 3.8) is 0 Å². The van der Waals surface area contributed by atoms with Gasteiger partial charge in [0.15, 0.2) is 5.78 Å². The fourth-order valence-electron chi connectivity index (χ4n) is 3.72. The molecule has 0 spiro atoms. The molecule has 24 heavy (non-hydrogen) atoms. The highest BCUT2D eigenvalue weighted by atomic mass is 19.3. The average Bonchev–Trinajstić information content (AvgIpc) is 3.38. The Hall–Kier alpha value is -1.36. The lowest BCUT2D eigenvalue weighted by atomic mass is 9.77. The minimum absolute atomic E-state index is 0.0178. The van der Waals surface area contributed by atoms with Gasteiger partial charge < -0.3 is 5.32 Å². The summed E-state index contributed by atoms with van der Waals surface area (Å²) in [6.45, 7) is 1.05. The summed E-state index contributed by atoms with van der Waals surface area (Å²) < 4.78 is 39.8. The van der Waals surface area contributed by atoms with Crippen LogP contribution in [0, 0.1) is 17.7 Å². The van der Waals surface area contributed by atoms with Crippen LogP contribution in [0.3, 0.4) is 0 Å². The fraction of sp³-hybridized carbons (Fsp3) is 0.632. The van der Waals surface area contributed by atoms with Crippen LogP contribution >= 0.6 is 0 Å². The second-order valence-electron chi connectivity index (χ2n) is 7.80. The second-order valence-corrected chi connectivity index (χ2v) is 7.80. The highest BCUT2D eigenvalue weighted by Crippen LogP contribution is 2.45. The highest BCUT2D eigenvalue weighted by Gasteiger charge is 2.46. The molecule has 3 aliphatic rings. The fourth-order valence-corrected chi connectivity index (χ4v) is 3.72. The van der Waals surface area contributed by atoms with E-state index in [1.165, 1.54) is 18.9 Å². The number of benzene rings is 1. The summed E-state index contributed by atoms with van der Waals surface area (Å²) >= 11 is 0. The molecule has 3 saturated carbocycles. The van der Waals surface area contributed by atoms with E-state index in [0.29, 0.717) is 12.0 Å². The number of rotatable bonds is 7. The van der Waals surface area contributed by atoms with E-state index in [-0.39, 0.29) is 36.5 Å². The molecule has 1 aromatic rings. The van der Waals surface area contributed by atoms with E-state index in [4.69, 9.17) is 0 Å². The third kappa shape index (κ3) is 3.51. The zero-order chi connectivity index (χ0) is 16.9. The summed E-state index contributed by atoms with van der Waals surface area (Å²) in [4.78, 5) is 12.3. The Morgan fingerprint density at radius 2 is 1.96 bits per heavy atom. The largest absolute Gasteiger partial charge is 0.313 e. The van der Waals surface area contributed by atoms with Crippen LogP contribution in [0.1, 0.15) is 60.4 Å². The van der Waals surface area contributed by atoms with Gasteiger partial charge in [0.05, 0.1) is 5.56 Å². The lowest BCUT2D eigenvalue weighted by Gasteiger charge is -2.34. The van der Waals surface area contributed by atoms with Crippen molar-refractivity contribution in [1.82, 2.24) is 5.32 Å². The van der Waals surface area contributed by atoms with E-state index in [1.807, 2.05) is 0 Å². The predicted molar refractivity (Wildman–Crippen MR) is 84.9 cm³/mol. The summed E-state index contributed by atoms with van der Waals surface area (Å²) in [5.74, 6) is -2.69. The monoisotopic (exact) mass is 337 g/mol. The number of ketones is 1. The van der Waals surface area contributed by atoms with Crippen LogP contribution in [0.25, 0.3) is 0 Å². The summed E-state index contributed by atoms with van der Waals surface area (Å²) in [5, 5.41) is 3.53. The van der Waals surface area contributed by atoms with Crippen molar-refractivity contribution in [2.45, 2.75) is 56.4 Å². The molecule has 0 heterocycles. The molecule has 3 fully saturated rings. The number of hydrogen-bond donors (Lipinski definition) is 1. The van der Waals surface area contributed by atoms with Gasteiger partial charge in [0.25, 0.3) is 0 Å². The molecule has 0 saturated heterocycles. The Morgan fingerprint density at radius 3 is 2.62 bits per heavy atom. The summed E-state index contributed by atoms with van der Waals surface area (Å²) in [5.41, 5.74) is 1.04. The topological polar surface area (TPSA) is 29.1 Å². The molecule has 0 bridgehead atoms. The lowest BCUT2D eigenvalue weighted by Crippen LogP contribution is -2.36. The Labute approximate surface area is 139 Å². The van der Waals surface area contributed by atoms with Crippen molar-refractivity contribution >= 4 is 5.78 Å². The van der Waals surface area contributed by atoms with E-state index in [2.05, 4.69) is 5.32 Å². The van der Waals surface area contributed by atoms with E-state index in [0.717, 1.165) is 24.4 Å². The molecule has 2 atom stereocenters. The number of alkyl halides is 2. The Kier molecular flexibility index (Phi) is 3.94. The Balaban J connectivity index is 1.37. The molecule has 1 aromatic carbocycles. The van der Waals surface area contributed by atoms with Gasteiger partial charge in [-0.05, 0) is 55.3 Å². The molecule has 0 radical (unpaired) electrons. The van der Waals surface area contributed by atoms with Crippen LogP contribution in [0.5, 0.6) is 0 Å². The van der Waals surface area contributed by atoms with Crippen molar-refractivity contribution in [1.29, 1.82) is 0 Å². The zero-order valence-corrected chi connectivity index (χ0v) is 13.5. The van der Waals surface area contributed by atoms with Crippen LogP contribution in [-0.2, 0) is 0 Å². The molecule has 5 heteroatoms. The molecule has 0 aliphatic heterocycles. The molecular formula is C19H22F3NO. The van der Waals surface area contributed by atoms with Gasteiger partial charge in [-0.25, -0.2) is 13.2 Å². The maximum atomic E-state index is 14.0. The predicted octanol–water partition coefficient (Wildman–Crippen LogP) is 4.30. The molecule has 2 unspecified atom stereocenters. The number of halogens is 3. The Bertz CT molecular complexity index is 648. The van der Waals surface area contributed by atoms with Crippen molar-refractivity contribution in [3.05, 3.63) is 35.1 Å². The summed E-state index contributed by atoms with van der Waals surface area (Å²) in [7, 11) is 0. The first-order valence-corrected chi connectivity index (χ1v) is 8.85. The first-order valence-electron chi connectivity index (χ1n) is 8.85. The molecule has 1 N–H and O–H groups in total. The number of hydrogen-bond acceptors (Lipinski definition) is 2. The van der Waals surface area contributed by atoms with Crippen LogP contribution in [-0.4, -0.2) is 24.3 Å². The third-order valence-electron chi connectivity index (χ3n) is 5.52. The first-order chi connectivity index (χ1) is 11.4. The van der Waals surface area contributed by atoms with Gasteiger partial charge in [0, 0.05) is 31.2 Å². The van der Waals surface area contributed by atoms with E-state index in [1.54, 1.807) is 12.1 Å². The second kappa shape index (κ2) is 5.87. The van der Waals surface area contributed by atoms with Gasteiger partial charge in [-0.15, -0.1) is 0 Å². The van der Waals surface area contributed by atoms with Crippen molar-refractivity contribution < 1.29 is 18.0 Å². The summed E-state index contributed by atoms with van der Waals surface area (Å²) in [6, 6.07) is 5.14. The van der Waals surface area contributed by atoms with Gasteiger partial charge in [0.2, 0.25) is 5.92 Å². The van der Waals surface area contributed by atoms with Gasteiger partial charge >= 0.3 is 0 Å². The molecule has 0 amide bonds. The van der Waals surface area contributed by atoms with Crippen LogP contribution in [0.2, 0.25) is 0 Å². The highest BCUT2D eigenvalue weighted by molar-refractivity contribution is 5.96. The van der Waals surface area contributed by atoms with Crippen LogP contribution in [0.4, 0.5) is 13.2 Å². The summed E-state index contributed by atoms with van der Waals surface area (Å²) in [6.07, 6.45) is 3.14. The minimum atomic E-state index is -2.64. The molecule has 0 aromatic heterocycles. The third-order valence-corrected chi connectivity index (χ3v) is 5.52. The molecule has 130 valence electrons. The van der Waals surface area contributed by atoms with Crippen molar-refractivity contribution in [3.8, 4) is 0 Å². The van der Waals surface area contributed by atoms with Crippen LogP contribution < -0.4 is 5.32 Å².